The van der Waals surface area contributed by atoms with Gasteiger partial charge in [0.05, 0.1) is 29.1 Å². The largest absolute Gasteiger partial charge is 0.416 e. The number of benzene rings is 2. The predicted octanol–water partition coefficient (Wildman–Crippen LogP) is 3.56. The third-order valence-corrected chi connectivity index (χ3v) is 6.19. The Morgan fingerprint density at radius 3 is 2.71 bits per heavy atom. The van der Waals surface area contributed by atoms with Gasteiger partial charge in [0, 0.05) is 35.5 Å². The molecular weight excluding hydrogens is 466 g/mol. The lowest BCUT2D eigenvalue weighted by atomic mass is 10.0. The number of alkyl halides is 3. The first-order valence-corrected chi connectivity index (χ1v) is 10.8. The second-order valence-electron chi connectivity index (χ2n) is 8.39. The third kappa shape index (κ3) is 4.09. The smallest absolute Gasteiger partial charge is 0.366 e. The van der Waals surface area contributed by atoms with E-state index in [4.69, 9.17) is 5.73 Å². The standard InChI is InChI=1S/C23H21F4N7O/c1-11-15-9-34(10-18(15)33-32-11)22-30-19-12(20(28)35)4-2-5-13(19)21(31-22)29-8-14-16(23(25,26)27)6-3-7-17(14)24/h2-7,21,29H,8-10H2,1H3,(H2,28,35)(H,30,31)(H,32,33). The molecule has 0 spiro atoms. The zero-order valence-corrected chi connectivity index (χ0v) is 18.5. The molecule has 8 nitrogen and oxygen atoms in total. The van der Waals surface area contributed by atoms with E-state index in [0.29, 0.717) is 30.3 Å². The number of aliphatic imine (C=N–C) groups is 1. The van der Waals surface area contributed by atoms with Gasteiger partial charge in [-0.15, -0.1) is 0 Å². The molecule has 182 valence electrons. The molecule has 0 fully saturated rings. The third-order valence-electron chi connectivity index (χ3n) is 6.19. The quantitative estimate of drug-likeness (QED) is 0.421. The summed E-state index contributed by atoms with van der Waals surface area (Å²) in [5, 5.41) is 13.3. The van der Waals surface area contributed by atoms with Crippen LogP contribution in [0.3, 0.4) is 0 Å². The van der Waals surface area contributed by atoms with Crippen LogP contribution in [-0.2, 0) is 25.8 Å². The molecule has 1 atom stereocenters. The number of nitrogens with zero attached hydrogens (tertiary/aromatic N) is 3. The summed E-state index contributed by atoms with van der Waals surface area (Å²) in [7, 11) is 0. The maximum Gasteiger partial charge on any atom is 0.416 e. The zero-order valence-electron chi connectivity index (χ0n) is 18.5. The van der Waals surface area contributed by atoms with Crippen molar-refractivity contribution in [3.8, 4) is 0 Å². The number of amides is 1. The molecule has 1 unspecified atom stereocenters. The van der Waals surface area contributed by atoms with Crippen molar-refractivity contribution in [3.05, 3.63) is 81.4 Å². The number of halogens is 4. The Morgan fingerprint density at radius 2 is 2.00 bits per heavy atom. The number of aromatic nitrogens is 2. The van der Waals surface area contributed by atoms with Gasteiger partial charge in [-0.2, -0.15) is 18.3 Å². The lowest BCUT2D eigenvalue weighted by molar-refractivity contribution is -0.138. The number of aryl methyl sites for hydroxylation is 1. The van der Waals surface area contributed by atoms with E-state index in [-0.39, 0.29) is 5.56 Å². The molecule has 5 N–H and O–H groups in total. The highest BCUT2D eigenvalue weighted by Gasteiger charge is 2.35. The zero-order chi connectivity index (χ0) is 24.9. The van der Waals surface area contributed by atoms with E-state index >= 15 is 0 Å². The number of hydrogen-bond donors (Lipinski definition) is 4. The maximum absolute atomic E-state index is 14.4. The van der Waals surface area contributed by atoms with Crippen molar-refractivity contribution < 1.29 is 22.4 Å². The van der Waals surface area contributed by atoms with Crippen LogP contribution in [0.2, 0.25) is 0 Å². The normalized spacial score (nSPS) is 17.0. The number of primary amides is 1. The Bertz CT molecular complexity index is 1350. The van der Waals surface area contributed by atoms with Gasteiger partial charge < -0.3 is 16.0 Å². The van der Waals surface area contributed by atoms with Gasteiger partial charge >= 0.3 is 6.18 Å². The molecule has 2 aliphatic rings. The maximum atomic E-state index is 14.4. The van der Waals surface area contributed by atoms with Crippen LogP contribution in [0.15, 0.2) is 41.4 Å². The highest BCUT2D eigenvalue weighted by Crippen LogP contribution is 2.36. The molecule has 1 aromatic heterocycles. The van der Waals surface area contributed by atoms with E-state index in [2.05, 4.69) is 25.8 Å². The van der Waals surface area contributed by atoms with Gasteiger partial charge in [-0.3, -0.25) is 15.2 Å². The molecule has 0 saturated carbocycles. The van der Waals surface area contributed by atoms with E-state index in [9.17, 15) is 22.4 Å². The molecule has 2 aromatic carbocycles. The van der Waals surface area contributed by atoms with E-state index in [1.165, 1.54) is 0 Å². The van der Waals surface area contributed by atoms with Crippen LogP contribution in [0.1, 0.15) is 50.2 Å². The molecule has 0 saturated heterocycles. The van der Waals surface area contributed by atoms with Crippen molar-refractivity contribution in [2.75, 3.05) is 5.32 Å². The van der Waals surface area contributed by atoms with E-state index in [0.717, 1.165) is 35.2 Å². The lowest BCUT2D eigenvalue weighted by Crippen LogP contribution is -2.39. The number of fused-ring (bicyclic) bond motifs is 2. The van der Waals surface area contributed by atoms with Gasteiger partial charge in [-0.1, -0.05) is 18.2 Å². The van der Waals surface area contributed by atoms with Crippen LogP contribution < -0.4 is 16.4 Å². The summed E-state index contributed by atoms with van der Waals surface area (Å²) in [6.45, 7) is 2.40. The van der Waals surface area contributed by atoms with Gasteiger partial charge in [0.1, 0.15) is 12.0 Å². The lowest BCUT2D eigenvalue weighted by Gasteiger charge is -2.31. The number of carbonyl (C=O) groups excluding carboxylic acids is 1. The van der Waals surface area contributed by atoms with Gasteiger partial charge in [0.25, 0.3) is 5.91 Å². The minimum Gasteiger partial charge on any atom is -0.366 e. The Balaban J connectivity index is 1.50. The van der Waals surface area contributed by atoms with Crippen LogP contribution >= 0.6 is 0 Å². The van der Waals surface area contributed by atoms with Crippen molar-refractivity contribution in [2.24, 2.45) is 10.7 Å². The summed E-state index contributed by atoms with van der Waals surface area (Å²) in [5.74, 6) is -1.25. The summed E-state index contributed by atoms with van der Waals surface area (Å²) in [6.07, 6.45) is -5.58. The number of para-hydroxylation sites is 1. The van der Waals surface area contributed by atoms with E-state index in [1.54, 1.807) is 18.2 Å². The summed E-state index contributed by atoms with van der Waals surface area (Å²) in [5.41, 5.74) is 7.90. The molecule has 0 bridgehead atoms. The van der Waals surface area contributed by atoms with Crippen LogP contribution in [0.25, 0.3) is 0 Å². The van der Waals surface area contributed by atoms with Gasteiger partial charge in [-0.25, -0.2) is 9.38 Å². The number of aromatic amines is 1. The first-order chi connectivity index (χ1) is 16.6. The Morgan fingerprint density at radius 1 is 1.23 bits per heavy atom. The summed E-state index contributed by atoms with van der Waals surface area (Å²) in [4.78, 5) is 18.6. The summed E-state index contributed by atoms with van der Waals surface area (Å²) >= 11 is 0. The Kier molecular flexibility index (Phi) is 5.47. The number of nitrogens with one attached hydrogen (secondary N) is 3. The molecule has 5 rings (SSSR count). The minimum absolute atomic E-state index is 0.206. The van der Waals surface area contributed by atoms with Gasteiger partial charge in [-0.05, 0) is 25.1 Å². The summed E-state index contributed by atoms with van der Waals surface area (Å²) < 4.78 is 54.8. The molecule has 1 amide bonds. The molecule has 3 aromatic rings. The molecule has 0 aliphatic carbocycles. The van der Waals surface area contributed by atoms with E-state index in [1.807, 2.05) is 11.8 Å². The van der Waals surface area contributed by atoms with Crippen molar-refractivity contribution in [1.82, 2.24) is 20.4 Å². The second kappa shape index (κ2) is 8.38. The van der Waals surface area contributed by atoms with Crippen molar-refractivity contribution in [3.63, 3.8) is 0 Å². The molecule has 12 heteroatoms. The predicted molar refractivity (Wildman–Crippen MR) is 120 cm³/mol. The Labute approximate surface area is 197 Å². The fourth-order valence-electron chi connectivity index (χ4n) is 4.42. The number of anilines is 1. The topological polar surface area (TPSA) is 111 Å². The summed E-state index contributed by atoms with van der Waals surface area (Å²) in [6, 6.07) is 7.68. The molecule has 2 aliphatic heterocycles. The average molecular weight is 487 g/mol. The number of carbonyl (C=O) groups is 1. The molecule has 35 heavy (non-hydrogen) atoms. The van der Waals surface area contributed by atoms with Crippen molar-refractivity contribution in [2.45, 2.75) is 38.9 Å². The monoisotopic (exact) mass is 487 g/mol. The number of nitrogens with two attached hydrogens (primary N) is 1. The molecular formula is C23H21F4N7O. The number of rotatable bonds is 4. The number of guanidine groups is 1. The molecule has 0 radical (unpaired) electrons. The highest BCUT2D eigenvalue weighted by molar-refractivity contribution is 6.06. The second-order valence-corrected chi connectivity index (χ2v) is 8.39. The Hall–Kier alpha value is -3.93. The van der Waals surface area contributed by atoms with Crippen LogP contribution in [0.4, 0.5) is 23.2 Å². The van der Waals surface area contributed by atoms with Gasteiger partial charge in [0.2, 0.25) is 5.96 Å². The van der Waals surface area contributed by atoms with Gasteiger partial charge in [0.15, 0.2) is 0 Å². The van der Waals surface area contributed by atoms with E-state index < -0.39 is 41.7 Å². The first-order valence-electron chi connectivity index (χ1n) is 10.8. The number of H-pyrrole nitrogens is 1. The first kappa shape index (κ1) is 22.8. The molecule has 3 heterocycles. The van der Waals surface area contributed by atoms with Crippen LogP contribution in [0.5, 0.6) is 0 Å². The minimum atomic E-state index is -4.72. The van der Waals surface area contributed by atoms with Crippen molar-refractivity contribution in [1.29, 1.82) is 0 Å². The average Bonchev–Trinajstić information content (AvgIpc) is 3.38. The fourth-order valence-corrected chi connectivity index (χ4v) is 4.42. The van der Waals surface area contributed by atoms with Crippen LogP contribution in [0, 0.1) is 12.7 Å². The van der Waals surface area contributed by atoms with Crippen LogP contribution in [-0.4, -0.2) is 27.0 Å². The van der Waals surface area contributed by atoms with Crippen molar-refractivity contribution >= 4 is 17.6 Å². The SMILES string of the molecule is Cc1[nH]nc2c1CN(C1=NC(NCc3c(F)cccc3C(F)(F)F)c3cccc(C(N)=O)c3N1)C2. The number of hydrogen-bond acceptors (Lipinski definition) is 6. The highest BCUT2D eigenvalue weighted by atomic mass is 19.4. The fraction of sp³-hybridized carbons (Fsp3) is 0.261.